The Morgan fingerprint density at radius 1 is 1.33 bits per heavy atom. The monoisotopic (exact) mass is 188 g/mol. The third kappa shape index (κ3) is 3.17. The number of rotatable bonds is 3. The van der Waals surface area contributed by atoms with Crippen LogP contribution < -0.4 is 5.73 Å². The number of halogens is 1. The Hall–Kier alpha value is -0.640. The summed E-state index contributed by atoms with van der Waals surface area (Å²) < 4.78 is 0. The molecule has 0 bridgehead atoms. The first kappa shape index (κ1) is 11.4. The molecule has 1 aromatic heterocycles. The van der Waals surface area contributed by atoms with Crippen LogP contribution in [0.1, 0.15) is 11.4 Å². The maximum atomic E-state index is 8.74. The molecular weight excluding hydrogens is 176 g/mol. The van der Waals surface area contributed by atoms with Gasteiger partial charge in [0.1, 0.15) is 0 Å². The zero-order valence-corrected chi connectivity index (χ0v) is 7.55. The lowest BCUT2D eigenvalue weighted by Gasteiger charge is -1.99. The molecule has 12 heavy (non-hydrogen) atoms. The minimum absolute atomic E-state index is 0. The van der Waals surface area contributed by atoms with Gasteiger partial charge in [-0.05, 0) is 18.7 Å². The third-order valence-electron chi connectivity index (χ3n) is 1.43. The van der Waals surface area contributed by atoms with Crippen LogP contribution in [0.2, 0.25) is 0 Å². The molecule has 68 valence electrons. The van der Waals surface area contributed by atoms with Crippen LogP contribution >= 0.6 is 12.4 Å². The molecule has 0 amide bonds. The van der Waals surface area contributed by atoms with E-state index in [4.69, 9.17) is 10.8 Å². The smallest absolute Gasteiger partial charge is 0.0853 e. The fourth-order valence-corrected chi connectivity index (χ4v) is 0.904. The molecule has 0 fully saturated rings. The summed E-state index contributed by atoms with van der Waals surface area (Å²) in [4.78, 5) is 4.15. The average molecular weight is 189 g/mol. The molecule has 0 saturated heterocycles. The molecule has 0 aliphatic carbocycles. The lowest BCUT2D eigenvalue weighted by molar-refractivity contribution is 0.276. The van der Waals surface area contributed by atoms with E-state index in [1.807, 2.05) is 12.1 Å². The maximum Gasteiger partial charge on any atom is 0.0853 e. The second-order valence-corrected chi connectivity index (χ2v) is 2.32. The van der Waals surface area contributed by atoms with Crippen LogP contribution in [0.3, 0.4) is 0 Å². The van der Waals surface area contributed by atoms with Gasteiger partial charge in [0.05, 0.1) is 12.3 Å². The van der Waals surface area contributed by atoms with Crippen LogP contribution in [-0.4, -0.2) is 16.6 Å². The molecule has 3 N–H and O–H groups in total. The number of nitrogens with two attached hydrogens (primary N) is 1. The molecule has 0 aliphatic heterocycles. The number of aromatic nitrogens is 1. The van der Waals surface area contributed by atoms with E-state index in [0.717, 1.165) is 12.1 Å². The number of hydrogen-bond donors (Lipinski definition) is 2. The van der Waals surface area contributed by atoms with Gasteiger partial charge in [0.2, 0.25) is 0 Å². The maximum absolute atomic E-state index is 8.74. The molecule has 0 saturated carbocycles. The Kier molecular flexibility index (Phi) is 5.62. The van der Waals surface area contributed by atoms with Crippen LogP contribution in [0.15, 0.2) is 18.2 Å². The highest BCUT2D eigenvalue weighted by molar-refractivity contribution is 5.85. The van der Waals surface area contributed by atoms with Crippen molar-refractivity contribution >= 4 is 12.4 Å². The molecule has 0 spiro atoms. The highest BCUT2D eigenvalue weighted by Crippen LogP contribution is 1.98. The van der Waals surface area contributed by atoms with Crippen molar-refractivity contribution in [2.75, 3.05) is 6.54 Å². The first-order valence-corrected chi connectivity index (χ1v) is 3.62. The van der Waals surface area contributed by atoms with Gasteiger partial charge in [-0.3, -0.25) is 4.98 Å². The molecule has 3 nitrogen and oxygen atoms in total. The van der Waals surface area contributed by atoms with Gasteiger partial charge in [0.15, 0.2) is 0 Å². The minimum Gasteiger partial charge on any atom is -0.390 e. The fourth-order valence-electron chi connectivity index (χ4n) is 0.904. The fraction of sp³-hybridized carbons (Fsp3) is 0.375. The Bertz CT molecular complexity index is 230. The summed E-state index contributed by atoms with van der Waals surface area (Å²) in [7, 11) is 0. The van der Waals surface area contributed by atoms with Crippen molar-refractivity contribution in [2.45, 2.75) is 13.0 Å². The third-order valence-corrected chi connectivity index (χ3v) is 1.43. The molecule has 0 aliphatic rings. The molecule has 1 heterocycles. The number of pyridine rings is 1. The highest BCUT2D eigenvalue weighted by Gasteiger charge is 1.94. The van der Waals surface area contributed by atoms with Gasteiger partial charge in [-0.15, -0.1) is 12.4 Å². The predicted octanol–water partition coefficient (Wildman–Crippen LogP) is 0.497. The number of nitrogens with zero attached hydrogens (tertiary/aromatic N) is 1. The van der Waals surface area contributed by atoms with E-state index in [2.05, 4.69) is 4.98 Å². The second-order valence-electron chi connectivity index (χ2n) is 2.32. The van der Waals surface area contributed by atoms with Crippen molar-refractivity contribution in [3.05, 3.63) is 29.6 Å². The molecule has 0 unspecified atom stereocenters. The van der Waals surface area contributed by atoms with Crippen LogP contribution in [0.4, 0.5) is 0 Å². The van der Waals surface area contributed by atoms with E-state index < -0.39 is 0 Å². The SMILES string of the molecule is Cl.NCCc1cccc(CO)n1. The minimum atomic E-state index is -0.00158. The van der Waals surface area contributed by atoms with Crippen molar-refractivity contribution < 1.29 is 5.11 Å². The molecule has 4 heteroatoms. The standard InChI is InChI=1S/C8H12N2O.ClH/c9-5-4-7-2-1-3-8(6-11)10-7;/h1-3,11H,4-6,9H2;1H. The van der Waals surface area contributed by atoms with Crippen LogP contribution in [0.5, 0.6) is 0 Å². The van der Waals surface area contributed by atoms with Crippen molar-refractivity contribution in [2.24, 2.45) is 5.73 Å². The first-order chi connectivity index (χ1) is 5.36. The average Bonchev–Trinajstić information content (AvgIpc) is 2.06. The summed E-state index contributed by atoms with van der Waals surface area (Å²) in [5, 5.41) is 8.74. The van der Waals surface area contributed by atoms with Gasteiger partial charge in [0, 0.05) is 12.1 Å². The highest BCUT2D eigenvalue weighted by atomic mass is 35.5. The topological polar surface area (TPSA) is 59.1 Å². The van der Waals surface area contributed by atoms with Gasteiger partial charge < -0.3 is 10.8 Å². The van der Waals surface area contributed by atoms with Crippen molar-refractivity contribution in [1.29, 1.82) is 0 Å². The largest absolute Gasteiger partial charge is 0.390 e. The van der Waals surface area contributed by atoms with Crippen molar-refractivity contribution in [3.63, 3.8) is 0 Å². The Balaban J connectivity index is 0.00000121. The zero-order valence-electron chi connectivity index (χ0n) is 6.73. The lowest BCUT2D eigenvalue weighted by Crippen LogP contribution is -2.05. The molecular formula is C8H13ClN2O. The summed E-state index contributed by atoms with van der Waals surface area (Å²) in [6.45, 7) is 0.598. The number of hydrogen-bond acceptors (Lipinski definition) is 3. The van der Waals surface area contributed by atoms with Gasteiger partial charge in [-0.2, -0.15) is 0 Å². The molecule has 0 atom stereocenters. The molecule has 0 radical (unpaired) electrons. The van der Waals surface area contributed by atoms with Gasteiger partial charge >= 0.3 is 0 Å². The van der Waals surface area contributed by atoms with Crippen molar-refractivity contribution in [1.82, 2.24) is 4.98 Å². The summed E-state index contributed by atoms with van der Waals surface area (Å²) in [6.07, 6.45) is 0.772. The van der Waals surface area contributed by atoms with Gasteiger partial charge in [-0.1, -0.05) is 6.07 Å². The molecule has 1 rings (SSSR count). The summed E-state index contributed by atoms with van der Waals surface area (Å²) >= 11 is 0. The van der Waals surface area contributed by atoms with Gasteiger partial charge in [-0.25, -0.2) is 0 Å². The Morgan fingerprint density at radius 2 is 2.00 bits per heavy atom. The first-order valence-electron chi connectivity index (χ1n) is 3.62. The summed E-state index contributed by atoms with van der Waals surface area (Å²) in [6, 6.07) is 5.58. The zero-order chi connectivity index (χ0) is 8.10. The van der Waals surface area contributed by atoms with E-state index in [1.54, 1.807) is 6.07 Å². The van der Waals surface area contributed by atoms with Gasteiger partial charge in [0.25, 0.3) is 0 Å². The molecule has 0 aromatic carbocycles. The van der Waals surface area contributed by atoms with E-state index >= 15 is 0 Å². The number of aliphatic hydroxyl groups excluding tert-OH is 1. The summed E-state index contributed by atoms with van der Waals surface area (Å²) in [5.74, 6) is 0. The Morgan fingerprint density at radius 3 is 2.58 bits per heavy atom. The van der Waals surface area contributed by atoms with Crippen LogP contribution in [0, 0.1) is 0 Å². The summed E-state index contributed by atoms with van der Waals surface area (Å²) in [5.41, 5.74) is 7.00. The van der Waals surface area contributed by atoms with E-state index in [-0.39, 0.29) is 19.0 Å². The Labute approximate surface area is 78.0 Å². The van der Waals surface area contributed by atoms with Crippen molar-refractivity contribution in [3.8, 4) is 0 Å². The number of aliphatic hydroxyl groups is 1. The lowest BCUT2D eigenvalue weighted by atomic mass is 10.2. The predicted molar refractivity (Wildman–Crippen MR) is 50.2 cm³/mol. The van der Waals surface area contributed by atoms with E-state index in [1.165, 1.54) is 0 Å². The molecule has 1 aromatic rings. The van der Waals surface area contributed by atoms with Crippen LogP contribution in [-0.2, 0) is 13.0 Å². The van der Waals surface area contributed by atoms with Crippen LogP contribution in [0.25, 0.3) is 0 Å². The van der Waals surface area contributed by atoms with E-state index in [9.17, 15) is 0 Å². The quantitative estimate of drug-likeness (QED) is 0.726. The normalized spacial score (nSPS) is 9.17. The second kappa shape index (κ2) is 5.94. The van der Waals surface area contributed by atoms with E-state index in [0.29, 0.717) is 12.2 Å².